The van der Waals surface area contributed by atoms with Crippen molar-refractivity contribution in [2.75, 3.05) is 29.9 Å². The van der Waals surface area contributed by atoms with E-state index in [4.69, 9.17) is 4.98 Å². The highest BCUT2D eigenvalue weighted by molar-refractivity contribution is 5.85. The topological polar surface area (TPSA) is 90.0 Å². The summed E-state index contributed by atoms with van der Waals surface area (Å²) in [6, 6.07) is 0.645. The molecule has 11 heteroatoms. The molecule has 2 aromatic heterocycles. The van der Waals surface area contributed by atoms with Crippen LogP contribution in [0.4, 0.5) is 30.8 Å². The zero-order valence-corrected chi connectivity index (χ0v) is 17.0. The summed E-state index contributed by atoms with van der Waals surface area (Å²) in [5, 5.41) is 8.69. The van der Waals surface area contributed by atoms with E-state index >= 15 is 0 Å². The maximum atomic E-state index is 13.0. The Morgan fingerprint density at radius 3 is 2.65 bits per heavy atom. The van der Waals surface area contributed by atoms with Crippen molar-refractivity contribution < 1.29 is 18.0 Å². The first-order valence-electron chi connectivity index (χ1n) is 10.7. The number of carbonyl (C=O) groups excluding carboxylic acids is 1. The van der Waals surface area contributed by atoms with Crippen LogP contribution in [-0.2, 0) is 23.8 Å². The third kappa shape index (κ3) is 3.81. The first-order chi connectivity index (χ1) is 14.9. The highest BCUT2D eigenvalue weighted by Crippen LogP contribution is 2.34. The van der Waals surface area contributed by atoms with Gasteiger partial charge in [-0.15, -0.1) is 0 Å². The van der Waals surface area contributed by atoms with Gasteiger partial charge >= 0.3 is 6.18 Å². The maximum Gasteiger partial charge on any atom is 0.432 e. The van der Waals surface area contributed by atoms with E-state index in [1.807, 2.05) is 14.9 Å². The predicted octanol–water partition coefficient (Wildman–Crippen LogP) is 3.04. The molecule has 0 saturated carbocycles. The van der Waals surface area contributed by atoms with Crippen LogP contribution in [0.1, 0.15) is 49.1 Å². The minimum absolute atomic E-state index is 0.0530. The lowest BCUT2D eigenvalue weighted by molar-refractivity contribution is -0.141. The van der Waals surface area contributed by atoms with Gasteiger partial charge in [0.25, 0.3) is 0 Å². The number of halogens is 3. The predicted molar refractivity (Wildman–Crippen MR) is 107 cm³/mol. The number of aromatic amines is 1. The van der Waals surface area contributed by atoms with Gasteiger partial charge in [0.1, 0.15) is 17.6 Å². The third-order valence-electron chi connectivity index (χ3n) is 6.26. The van der Waals surface area contributed by atoms with Gasteiger partial charge in [0.05, 0.1) is 5.69 Å². The first kappa shape index (κ1) is 20.1. The Balaban J connectivity index is 1.43. The lowest BCUT2D eigenvalue weighted by Crippen LogP contribution is -2.45. The van der Waals surface area contributed by atoms with E-state index in [1.54, 1.807) is 0 Å². The third-order valence-corrected chi connectivity index (χ3v) is 6.26. The van der Waals surface area contributed by atoms with E-state index in [9.17, 15) is 18.0 Å². The van der Waals surface area contributed by atoms with Gasteiger partial charge in [-0.3, -0.25) is 9.89 Å². The fraction of sp³-hybridized carbons (Fsp3) is 0.600. The van der Waals surface area contributed by atoms with E-state index in [1.165, 1.54) is 0 Å². The van der Waals surface area contributed by atoms with Gasteiger partial charge in [-0.05, 0) is 44.9 Å². The summed E-state index contributed by atoms with van der Waals surface area (Å²) >= 11 is 0. The highest BCUT2D eigenvalue weighted by atomic mass is 19.4. The molecule has 2 fully saturated rings. The summed E-state index contributed by atoms with van der Waals surface area (Å²) in [4.78, 5) is 26.3. The minimum Gasteiger partial charge on any atom is -0.341 e. The molecule has 166 valence electrons. The van der Waals surface area contributed by atoms with Gasteiger partial charge in [-0.1, -0.05) is 0 Å². The number of alkyl halides is 3. The van der Waals surface area contributed by atoms with Crippen molar-refractivity contribution >= 4 is 23.5 Å². The zero-order chi connectivity index (χ0) is 21.6. The van der Waals surface area contributed by atoms with Crippen molar-refractivity contribution in [2.45, 2.75) is 57.2 Å². The lowest BCUT2D eigenvalue weighted by atomic mass is 10.2. The monoisotopic (exact) mass is 435 g/mol. The molecule has 3 aliphatic rings. The molecule has 1 atom stereocenters. The van der Waals surface area contributed by atoms with Crippen LogP contribution in [-0.4, -0.2) is 56.6 Å². The fourth-order valence-corrected chi connectivity index (χ4v) is 4.71. The second-order valence-corrected chi connectivity index (χ2v) is 8.32. The molecule has 2 aliphatic heterocycles. The molecule has 0 bridgehead atoms. The van der Waals surface area contributed by atoms with Crippen LogP contribution in [0, 0.1) is 0 Å². The quantitative estimate of drug-likeness (QED) is 0.767. The van der Waals surface area contributed by atoms with Gasteiger partial charge in [0, 0.05) is 31.3 Å². The SMILES string of the molecule is O=C([C@H]1CCCN1c1nc2c(c(Nc3cc(C(F)(F)F)[nH]n3)n1)CCC2)N1CCCC1. The summed E-state index contributed by atoms with van der Waals surface area (Å²) in [6.45, 7) is 2.27. The number of fused-ring (bicyclic) bond motifs is 1. The molecule has 0 spiro atoms. The number of hydrogen-bond donors (Lipinski definition) is 2. The molecule has 2 N–H and O–H groups in total. The number of carbonyl (C=O) groups is 1. The number of likely N-dealkylation sites (tertiary alicyclic amines) is 1. The number of aromatic nitrogens is 4. The number of nitrogens with zero attached hydrogens (tertiary/aromatic N) is 5. The number of amides is 1. The standard InChI is InChI=1S/C20H24F3N7O/c21-20(22,23)15-11-16(28-27-15)25-17-12-5-3-6-13(12)24-19(26-17)30-10-4-7-14(30)18(31)29-8-1-2-9-29/h11,14H,1-10H2,(H2,24,25,26,27,28)/t14-/m1/s1. The Hall–Kier alpha value is -2.85. The number of rotatable bonds is 4. The van der Waals surface area contributed by atoms with Crippen LogP contribution in [0.5, 0.6) is 0 Å². The molecule has 4 heterocycles. The van der Waals surface area contributed by atoms with Crippen molar-refractivity contribution in [3.8, 4) is 0 Å². The fourth-order valence-electron chi connectivity index (χ4n) is 4.71. The van der Waals surface area contributed by atoms with Crippen LogP contribution in [0.25, 0.3) is 0 Å². The van der Waals surface area contributed by atoms with Crippen molar-refractivity contribution in [2.24, 2.45) is 0 Å². The maximum absolute atomic E-state index is 13.0. The van der Waals surface area contributed by atoms with Gasteiger partial charge in [0.15, 0.2) is 5.82 Å². The Morgan fingerprint density at radius 2 is 1.90 bits per heavy atom. The summed E-state index contributed by atoms with van der Waals surface area (Å²) in [6.07, 6.45) is 1.65. The van der Waals surface area contributed by atoms with E-state index < -0.39 is 11.9 Å². The van der Waals surface area contributed by atoms with Crippen LogP contribution in [0.2, 0.25) is 0 Å². The second kappa shape index (κ2) is 7.69. The molecule has 0 radical (unpaired) electrons. The Bertz CT molecular complexity index is 984. The average molecular weight is 435 g/mol. The van der Waals surface area contributed by atoms with Crippen LogP contribution >= 0.6 is 0 Å². The van der Waals surface area contributed by atoms with E-state index in [2.05, 4.69) is 15.4 Å². The van der Waals surface area contributed by atoms with Gasteiger partial charge in [-0.2, -0.15) is 23.3 Å². The number of H-pyrrole nitrogens is 1. The molecule has 8 nitrogen and oxygen atoms in total. The molecule has 1 amide bonds. The summed E-state index contributed by atoms with van der Waals surface area (Å²) in [5.41, 5.74) is 0.872. The summed E-state index contributed by atoms with van der Waals surface area (Å²) in [7, 11) is 0. The minimum atomic E-state index is -4.50. The molecule has 0 aromatic carbocycles. The van der Waals surface area contributed by atoms with Gasteiger partial charge in [0.2, 0.25) is 11.9 Å². The van der Waals surface area contributed by atoms with Crippen LogP contribution < -0.4 is 10.2 Å². The number of aryl methyl sites for hydroxylation is 1. The smallest absolute Gasteiger partial charge is 0.341 e. The van der Waals surface area contributed by atoms with Crippen molar-refractivity contribution in [1.82, 2.24) is 25.1 Å². The Labute approximate surface area is 177 Å². The molecule has 5 rings (SSSR count). The van der Waals surface area contributed by atoms with Gasteiger partial charge in [-0.25, -0.2) is 4.98 Å². The van der Waals surface area contributed by atoms with E-state index in [0.717, 1.165) is 75.4 Å². The van der Waals surface area contributed by atoms with Gasteiger partial charge < -0.3 is 15.1 Å². The van der Waals surface area contributed by atoms with Crippen molar-refractivity contribution in [3.63, 3.8) is 0 Å². The molecule has 1 aliphatic carbocycles. The van der Waals surface area contributed by atoms with Crippen LogP contribution in [0.15, 0.2) is 6.07 Å². The largest absolute Gasteiger partial charge is 0.432 e. The second-order valence-electron chi connectivity index (χ2n) is 8.32. The number of hydrogen-bond acceptors (Lipinski definition) is 6. The van der Waals surface area contributed by atoms with Crippen LogP contribution in [0.3, 0.4) is 0 Å². The molecular formula is C20H24F3N7O. The Morgan fingerprint density at radius 1 is 1.10 bits per heavy atom. The van der Waals surface area contributed by atoms with E-state index in [-0.39, 0.29) is 17.8 Å². The van der Waals surface area contributed by atoms with Crippen molar-refractivity contribution in [1.29, 1.82) is 0 Å². The molecule has 2 saturated heterocycles. The first-order valence-corrected chi connectivity index (χ1v) is 10.7. The number of anilines is 3. The summed E-state index contributed by atoms with van der Waals surface area (Å²) < 4.78 is 38.7. The molecule has 31 heavy (non-hydrogen) atoms. The Kier molecular flexibility index (Phi) is 4.98. The zero-order valence-electron chi connectivity index (χ0n) is 17.0. The van der Waals surface area contributed by atoms with Crippen molar-refractivity contribution in [3.05, 3.63) is 23.0 Å². The summed E-state index contributed by atoms with van der Waals surface area (Å²) in [5.74, 6) is 1.11. The lowest BCUT2D eigenvalue weighted by Gasteiger charge is -2.28. The number of nitrogens with one attached hydrogen (secondary N) is 2. The highest BCUT2D eigenvalue weighted by Gasteiger charge is 2.37. The normalized spacial score (nSPS) is 21.1. The molecule has 0 unspecified atom stereocenters. The average Bonchev–Trinajstić information content (AvgIpc) is 3.53. The molecule has 2 aromatic rings. The van der Waals surface area contributed by atoms with E-state index in [0.29, 0.717) is 18.3 Å². The molecular weight excluding hydrogens is 411 g/mol.